The zero-order valence-corrected chi connectivity index (χ0v) is 8.08. The number of nitrogens with one attached hydrogen (secondary N) is 1. The maximum atomic E-state index is 11.3. The number of hydrogen-bond acceptors (Lipinski definition) is 3. The minimum Gasteiger partial charge on any atom is -0.468 e. The molecule has 0 spiro atoms. The van der Waals surface area contributed by atoms with Gasteiger partial charge >= 0.3 is 5.97 Å². The Balaban J connectivity index is 1.94. The molecule has 1 saturated heterocycles. The van der Waals surface area contributed by atoms with E-state index in [2.05, 4.69) is 5.32 Å². The summed E-state index contributed by atoms with van der Waals surface area (Å²) >= 11 is 0. The van der Waals surface area contributed by atoms with E-state index in [0.717, 1.165) is 12.3 Å². The first kappa shape index (κ1) is 9.00. The average Bonchev–Trinajstić information content (AvgIpc) is 2.59. The summed E-state index contributed by atoms with van der Waals surface area (Å²) in [4.78, 5) is 11.3. The summed E-state index contributed by atoms with van der Waals surface area (Å²) in [6.07, 6.45) is 6.14. The summed E-state index contributed by atoms with van der Waals surface area (Å²) in [5, 5.41) is 3.37. The third-order valence-electron chi connectivity index (χ3n) is 3.35. The van der Waals surface area contributed by atoms with Crippen molar-refractivity contribution in [2.24, 2.45) is 5.92 Å². The Morgan fingerprint density at radius 2 is 2.15 bits per heavy atom. The van der Waals surface area contributed by atoms with Crippen molar-refractivity contribution < 1.29 is 9.53 Å². The van der Waals surface area contributed by atoms with Crippen LogP contribution in [0.15, 0.2) is 0 Å². The highest BCUT2D eigenvalue weighted by molar-refractivity contribution is 5.76. The normalized spacial score (nSPS) is 38.4. The Bertz CT molecular complexity index is 191. The topological polar surface area (TPSA) is 38.3 Å². The molecule has 0 bridgehead atoms. The Morgan fingerprint density at radius 3 is 2.85 bits per heavy atom. The second-order valence-electron chi connectivity index (χ2n) is 4.13. The van der Waals surface area contributed by atoms with Crippen molar-refractivity contribution in [1.82, 2.24) is 5.32 Å². The van der Waals surface area contributed by atoms with Crippen LogP contribution < -0.4 is 5.32 Å². The minimum absolute atomic E-state index is 0.0295. The lowest BCUT2D eigenvalue weighted by molar-refractivity contribution is -0.142. The summed E-state index contributed by atoms with van der Waals surface area (Å²) in [5.41, 5.74) is 0. The molecule has 0 unspecified atom stereocenters. The molecule has 1 saturated carbocycles. The fraction of sp³-hybridized carbons (Fsp3) is 0.900. The van der Waals surface area contributed by atoms with Crippen molar-refractivity contribution in [2.45, 2.75) is 44.2 Å². The van der Waals surface area contributed by atoms with Gasteiger partial charge in [0.05, 0.1) is 7.11 Å². The van der Waals surface area contributed by atoms with Crippen LogP contribution >= 0.6 is 0 Å². The van der Waals surface area contributed by atoms with Crippen molar-refractivity contribution in [3.05, 3.63) is 0 Å². The maximum absolute atomic E-state index is 11.3. The van der Waals surface area contributed by atoms with Crippen molar-refractivity contribution in [2.75, 3.05) is 7.11 Å². The quantitative estimate of drug-likeness (QED) is 0.618. The molecular weight excluding hydrogens is 166 g/mol. The monoisotopic (exact) mass is 183 g/mol. The summed E-state index contributed by atoms with van der Waals surface area (Å²) in [5.74, 6) is 0.632. The molecule has 0 aromatic heterocycles. The minimum atomic E-state index is -0.0885. The van der Waals surface area contributed by atoms with Gasteiger partial charge in [0.1, 0.15) is 6.04 Å². The molecule has 2 fully saturated rings. The second-order valence-corrected chi connectivity index (χ2v) is 4.13. The van der Waals surface area contributed by atoms with E-state index in [1.807, 2.05) is 0 Å². The first-order chi connectivity index (χ1) is 6.31. The van der Waals surface area contributed by atoms with Crippen LogP contribution in [-0.2, 0) is 9.53 Å². The zero-order valence-electron chi connectivity index (χ0n) is 8.08. The van der Waals surface area contributed by atoms with Gasteiger partial charge in [0, 0.05) is 6.04 Å². The van der Waals surface area contributed by atoms with E-state index < -0.39 is 0 Å². The lowest BCUT2D eigenvalue weighted by Gasteiger charge is -2.24. The average molecular weight is 183 g/mol. The fourth-order valence-corrected chi connectivity index (χ4v) is 2.64. The van der Waals surface area contributed by atoms with E-state index in [-0.39, 0.29) is 12.0 Å². The van der Waals surface area contributed by atoms with E-state index in [4.69, 9.17) is 4.74 Å². The third-order valence-corrected chi connectivity index (χ3v) is 3.35. The van der Waals surface area contributed by atoms with Crippen molar-refractivity contribution >= 4 is 5.97 Å². The van der Waals surface area contributed by atoms with Crippen LogP contribution in [0, 0.1) is 5.92 Å². The van der Waals surface area contributed by atoms with Gasteiger partial charge in [-0.05, 0) is 25.2 Å². The molecule has 1 aliphatic heterocycles. The summed E-state index contributed by atoms with van der Waals surface area (Å²) < 4.78 is 4.74. The van der Waals surface area contributed by atoms with E-state index in [1.54, 1.807) is 0 Å². The molecule has 0 radical (unpaired) electrons. The van der Waals surface area contributed by atoms with E-state index in [0.29, 0.717) is 6.04 Å². The first-order valence-electron chi connectivity index (χ1n) is 5.15. The van der Waals surface area contributed by atoms with Gasteiger partial charge in [-0.1, -0.05) is 12.8 Å². The summed E-state index contributed by atoms with van der Waals surface area (Å²) in [6, 6.07) is 0.552. The molecule has 2 rings (SSSR count). The Labute approximate surface area is 78.8 Å². The zero-order chi connectivity index (χ0) is 9.26. The summed E-state index contributed by atoms with van der Waals surface area (Å²) in [6.45, 7) is 0. The lowest BCUT2D eigenvalue weighted by Crippen LogP contribution is -2.37. The number of hydrogen-bond donors (Lipinski definition) is 1. The highest BCUT2D eigenvalue weighted by Gasteiger charge is 2.38. The Morgan fingerprint density at radius 1 is 1.38 bits per heavy atom. The smallest absolute Gasteiger partial charge is 0.322 e. The van der Waals surface area contributed by atoms with Gasteiger partial charge in [0.25, 0.3) is 0 Å². The van der Waals surface area contributed by atoms with Crippen LogP contribution in [0.5, 0.6) is 0 Å². The van der Waals surface area contributed by atoms with Gasteiger partial charge in [-0.15, -0.1) is 0 Å². The Kier molecular flexibility index (Phi) is 2.54. The van der Waals surface area contributed by atoms with Crippen LogP contribution in [0.1, 0.15) is 32.1 Å². The molecular formula is C10H17NO2. The number of carbonyl (C=O) groups is 1. The van der Waals surface area contributed by atoms with Gasteiger partial charge in [-0.25, -0.2) is 0 Å². The number of fused-ring (bicyclic) bond motifs is 1. The molecule has 1 N–H and O–H groups in total. The molecule has 1 aliphatic carbocycles. The molecule has 13 heavy (non-hydrogen) atoms. The van der Waals surface area contributed by atoms with Crippen LogP contribution in [0.2, 0.25) is 0 Å². The van der Waals surface area contributed by atoms with Crippen LogP contribution in [-0.4, -0.2) is 25.2 Å². The number of carbonyl (C=O) groups excluding carboxylic acids is 1. The van der Waals surface area contributed by atoms with Crippen LogP contribution in [0.25, 0.3) is 0 Å². The molecule has 3 heteroatoms. The van der Waals surface area contributed by atoms with Crippen molar-refractivity contribution in [3.8, 4) is 0 Å². The largest absolute Gasteiger partial charge is 0.468 e. The predicted molar refractivity (Wildman–Crippen MR) is 49.3 cm³/mol. The van der Waals surface area contributed by atoms with Crippen molar-refractivity contribution in [1.29, 1.82) is 0 Å². The van der Waals surface area contributed by atoms with Gasteiger partial charge < -0.3 is 10.1 Å². The highest BCUT2D eigenvalue weighted by Crippen LogP contribution is 2.33. The van der Waals surface area contributed by atoms with E-state index in [1.165, 1.54) is 32.8 Å². The second kappa shape index (κ2) is 3.66. The van der Waals surface area contributed by atoms with Gasteiger partial charge in [-0.2, -0.15) is 0 Å². The predicted octanol–water partition coefficient (Wildman–Crippen LogP) is 1.08. The van der Waals surface area contributed by atoms with E-state index in [9.17, 15) is 4.79 Å². The standard InChI is InChI=1S/C10H17NO2/c1-13-10(12)9-6-7-4-2-3-5-8(7)11-9/h7-9,11H,2-6H2,1H3/t7-,8+,9-/m1/s1. The molecule has 1 heterocycles. The molecule has 0 amide bonds. The summed E-state index contributed by atoms with van der Waals surface area (Å²) in [7, 11) is 1.46. The molecule has 74 valence electrons. The lowest BCUT2D eigenvalue weighted by atomic mass is 9.85. The first-order valence-corrected chi connectivity index (χ1v) is 5.15. The fourth-order valence-electron chi connectivity index (χ4n) is 2.64. The molecule has 2 aliphatic rings. The van der Waals surface area contributed by atoms with Crippen LogP contribution in [0.4, 0.5) is 0 Å². The van der Waals surface area contributed by atoms with Crippen LogP contribution in [0.3, 0.4) is 0 Å². The molecule has 3 atom stereocenters. The van der Waals surface area contributed by atoms with Gasteiger partial charge in [0.2, 0.25) is 0 Å². The SMILES string of the molecule is COC(=O)[C@H]1C[C@H]2CCCC[C@@H]2N1. The van der Waals surface area contributed by atoms with E-state index >= 15 is 0 Å². The highest BCUT2D eigenvalue weighted by atomic mass is 16.5. The van der Waals surface area contributed by atoms with Gasteiger partial charge in [-0.3, -0.25) is 4.79 Å². The number of ether oxygens (including phenoxy) is 1. The number of esters is 1. The molecule has 0 aromatic carbocycles. The molecule has 0 aromatic rings. The molecule has 3 nitrogen and oxygen atoms in total. The third kappa shape index (κ3) is 1.70. The van der Waals surface area contributed by atoms with Gasteiger partial charge in [0.15, 0.2) is 0 Å². The maximum Gasteiger partial charge on any atom is 0.322 e. The van der Waals surface area contributed by atoms with Crippen molar-refractivity contribution in [3.63, 3.8) is 0 Å². The Hall–Kier alpha value is -0.570. The number of methoxy groups -OCH3 is 1. The number of rotatable bonds is 1.